The molecule has 0 atom stereocenters. The lowest BCUT2D eigenvalue weighted by molar-refractivity contribution is 0.435. The second-order valence-corrected chi connectivity index (χ2v) is 69.3. The van der Waals surface area contributed by atoms with E-state index in [0.29, 0.717) is 23.7 Å². The molecule has 10 aromatic rings. The predicted molar refractivity (Wildman–Crippen MR) is 472 cm³/mol. The Morgan fingerprint density at radius 1 is 0.216 bits per heavy atom. The molecule has 0 amide bonds. The predicted octanol–water partition coefficient (Wildman–Crippen LogP) is 26.4. The molecule has 8 heteroatoms. The Labute approximate surface area is 623 Å². The normalized spacial score (nSPS) is 17.2. The number of nitrogens with zero attached hydrogens (tertiary/aromatic N) is 2. The third-order valence-electron chi connectivity index (χ3n) is 25.0. The first-order valence-corrected chi connectivity index (χ1v) is 61.6. The van der Waals surface area contributed by atoms with Gasteiger partial charge in [0.15, 0.2) is 0 Å². The Morgan fingerprint density at radius 3 is 0.775 bits per heavy atom. The monoisotopic (exact) mass is 1450 g/mol. The quantitative estimate of drug-likeness (QED) is 0.0662. The average molecular weight is 1450 g/mol. The Morgan fingerprint density at radius 2 is 0.461 bits per heavy atom. The van der Waals surface area contributed by atoms with Crippen molar-refractivity contribution in [2.75, 3.05) is 9.80 Å². The molecule has 4 saturated carbocycles. The summed E-state index contributed by atoms with van der Waals surface area (Å²) < 4.78 is 0. The SMILES string of the molecule is C[Si](C)(C)c1cc(N(c2cc(C3CCCCC3)cc(C3CCCCC3)c2)c2c3ccccc3c(-c3c4ccccc4c(N(c4cc(C5CCCCC5)cc(C5CCCCC5)c4)c4cc([Si](C)(C)C)cc([Si](C)(C)C)c4)c4cc([Si](C)(C)C)ccc34)c3cc([Si](C)(C)C)ccc23)cc([Si](C)(C)C)c1. The largest absolute Gasteiger partial charge is 0.309 e. The van der Waals surface area contributed by atoms with Crippen LogP contribution in [0.1, 0.15) is 174 Å². The van der Waals surface area contributed by atoms with Crippen LogP contribution in [0.25, 0.3) is 54.2 Å². The molecule has 4 fully saturated rings. The van der Waals surface area contributed by atoms with Gasteiger partial charge in [0.1, 0.15) is 0 Å². The van der Waals surface area contributed by atoms with E-state index in [4.69, 9.17) is 0 Å². The maximum atomic E-state index is 2.89. The molecule has 534 valence electrons. The van der Waals surface area contributed by atoms with Gasteiger partial charge in [-0.15, -0.1) is 0 Å². The third-order valence-corrected chi connectivity index (χ3v) is 37.2. The highest BCUT2D eigenvalue weighted by atomic mass is 28.3. The highest BCUT2D eigenvalue weighted by Crippen LogP contribution is 2.55. The molecule has 0 heterocycles. The molecule has 0 radical (unpaired) electrons. The minimum atomic E-state index is -1.93. The molecule has 0 aliphatic heterocycles. The van der Waals surface area contributed by atoms with Crippen LogP contribution < -0.4 is 40.9 Å². The molecule has 0 spiro atoms. The van der Waals surface area contributed by atoms with E-state index in [2.05, 4.69) is 285 Å². The second-order valence-electron chi connectivity index (χ2n) is 38.8. The van der Waals surface area contributed by atoms with Crippen LogP contribution in [0.3, 0.4) is 0 Å². The first-order valence-electron chi connectivity index (χ1n) is 40.6. The van der Waals surface area contributed by atoms with Crippen molar-refractivity contribution in [3.63, 3.8) is 0 Å². The molecule has 0 saturated heterocycles. The molecule has 102 heavy (non-hydrogen) atoms. The van der Waals surface area contributed by atoms with Crippen molar-refractivity contribution in [3.05, 3.63) is 180 Å². The number of fused-ring (bicyclic) bond motifs is 4. The van der Waals surface area contributed by atoms with E-state index in [1.54, 1.807) is 43.0 Å². The Hall–Kier alpha value is -5.86. The summed E-state index contributed by atoms with van der Waals surface area (Å²) in [6, 6.07) is 68.1. The maximum absolute atomic E-state index is 2.89. The van der Waals surface area contributed by atoms with Crippen molar-refractivity contribution in [3.8, 4) is 11.1 Å². The number of hydrogen-bond acceptors (Lipinski definition) is 2. The van der Waals surface area contributed by atoms with Crippen LogP contribution in [-0.4, -0.2) is 48.4 Å². The number of rotatable bonds is 17. The number of benzene rings is 10. The minimum absolute atomic E-state index is 0.580. The summed E-state index contributed by atoms with van der Waals surface area (Å²) in [5, 5.41) is 20.1. The van der Waals surface area contributed by atoms with Crippen molar-refractivity contribution in [2.24, 2.45) is 0 Å². The molecule has 0 aromatic heterocycles. The first-order chi connectivity index (χ1) is 48.4. The van der Waals surface area contributed by atoms with Crippen LogP contribution in [0, 0.1) is 0 Å². The van der Waals surface area contributed by atoms with E-state index in [1.807, 2.05) is 0 Å². The van der Waals surface area contributed by atoms with Gasteiger partial charge in [-0.1, -0.05) is 335 Å². The summed E-state index contributed by atoms with van der Waals surface area (Å²) in [5.41, 5.74) is 17.2. The topological polar surface area (TPSA) is 6.48 Å². The number of anilines is 6. The molecule has 14 rings (SSSR count). The lowest BCUT2D eigenvalue weighted by atomic mass is 9.79. The average Bonchev–Trinajstić information content (AvgIpc) is 0.701. The van der Waals surface area contributed by atoms with Crippen molar-refractivity contribution >= 4 is 157 Å². The molecular weight excluding hydrogens is 1330 g/mol. The van der Waals surface area contributed by atoms with Crippen LogP contribution >= 0.6 is 0 Å². The van der Waals surface area contributed by atoms with E-state index >= 15 is 0 Å². The van der Waals surface area contributed by atoms with Crippen molar-refractivity contribution < 1.29 is 0 Å². The standard InChI is InChI=1S/C94H124N2Si6/c1-97(2,3)77-48-50-88-89(63-77)92(84-44-32-33-45-86(84)93(88)95(75-57-79(99(7,8)9)61-80(58-75)100(10,11)12)73-53-69(65-35-23-19-24-36-65)51-70(54-73)66-37-25-20-26-38-66)91-83-43-31-34-46-87(83)94(90-64-78(98(4,5)6)47-49-85(90)91)96(76-59-81(101(13,14)15)62-82(60-76)102(16,17)18)74-55-71(67-39-27-21-28-40-67)52-72(56-74)68-41-29-22-30-42-68/h31-34,43-68H,19-30,35-42H2,1-18H3. The van der Waals surface area contributed by atoms with Crippen LogP contribution in [0.2, 0.25) is 118 Å². The van der Waals surface area contributed by atoms with E-state index in [-0.39, 0.29) is 0 Å². The summed E-state index contributed by atoms with van der Waals surface area (Å²) in [7, 11) is -11.3. The highest BCUT2D eigenvalue weighted by Gasteiger charge is 2.35. The lowest BCUT2D eigenvalue weighted by Crippen LogP contribution is -2.45. The summed E-state index contributed by atoms with van der Waals surface area (Å²) in [5.74, 6) is 2.32. The van der Waals surface area contributed by atoms with Gasteiger partial charge in [-0.3, -0.25) is 0 Å². The van der Waals surface area contributed by atoms with E-state index in [9.17, 15) is 0 Å². The minimum Gasteiger partial charge on any atom is -0.309 e. The van der Waals surface area contributed by atoms with Gasteiger partial charge in [0, 0.05) is 44.3 Å². The van der Waals surface area contributed by atoms with E-state index < -0.39 is 48.4 Å². The third kappa shape index (κ3) is 14.9. The summed E-state index contributed by atoms with van der Waals surface area (Å²) in [6.07, 6.45) is 26.3. The van der Waals surface area contributed by atoms with Crippen LogP contribution in [0.5, 0.6) is 0 Å². The molecular formula is C94H124N2Si6. The molecule has 2 nitrogen and oxygen atoms in total. The summed E-state index contributed by atoms with van der Waals surface area (Å²) >= 11 is 0. The van der Waals surface area contributed by atoms with Crippen LogP contribution in [0.4, 0.5) is 34.1 Å². The lowest BCUT2D eigenvalue weighted by Gasteiger charge is -2.35. The van der Waals surface area contributed by atoms with E-state index in [0.717, 1.165) is 0 Å². The van der Waals surface area contributed by atoms with Crippen molar-refractivity contribution in [1.82, 2.24) is 0 Å². The fourth-order valence-electron chi connectivity index (χ4n) is 18.6. The zero-order valence-electron chi connectivity index (χ0n) is 66.4. The molecule has 0 N–H and O–H groups in total. The molecule has 4 aliphatic carbocycles. The first kappa shape index (κ1) is 73.1. The van der Waals surface area contributed by atoms with Gasteiger partial charge in [-0.25, -0.2) is 0 Å². The molecule has 0 unspecified atom stereocenters. The molecule has 4 aliphatic rings. The van der Waals surface area contributed by atoms with Crippen LogP contribution in [0.15, 0.2) is 158 Å². The molecule has 10 aromatic carbocycles. The van der Waals surface area contributed by atoms with Gasteiger partial charge in [0.2, 0.25) is 0 Å². The second kappa shape index (κ2) is 28.5. The fraction of sp³-hybridized carbons (Fsp3) is 0.447. The Balaban J connectivity index is 1.15. The van der Waals surface area contributed by atoms with Crippen LogP contribution in [-0.2, 0) is 0 Å². The molecule has 0 bridgehead atoms. The highest BCUT2D eigenvalue weighted by molar-refractivity contribution is 6.93. The zero-order chi connectivity index (χ0) is 72.0. The number of hydrogen-bond donors (Lipinski definition) is 0. The van der Waals surface area contributed by atoms with Gasteiger partial charge in [-0.05, 0) is 178 Å². The van der Waals surface area contributed by atoms with Crippen molar-refractivity contribution in [1.29, 1.82) is 0 Å². The summed E-state index contributed by atoms with van der Waals surface area (Å²) in [4.78, 5) is 5.76. The van der Waals surface area contributed by atoms with Gasteiger partial charge in [-0.2, -0.15) is 0 Å². The van der Waals surface area contributed by atoms with Gasteiger partial charge in [0.05, 0.1) is 59.8 Å². The maximum Gasteiger partial charge on any atom is 0.0776 e. The Kier molecular flexibility index (Phi) is 20.4. The smallest absolute Gasteiger partial charge is 0.0776 e. The van der Waals surface area contributed by atoms with Crippen molar-refractivity contribution in [2.45, 2.75) is 270 Å². The van der Waals surface area contributed by atoms with E-state index in [1.165, 1.54) is 227 Å². The fourth-order valence-corrected chi connectivity index (χ4v) is 25.8. The van der Waals surface area contributed by atoms with Gasteiger partial charge in [0.25, 0.3) is 0 Å². The van der Waals surface area contributed by atoms with Gasteiger partial charge >= 0.3 is 0 Å². The zero-order valence-corrected chi connectivity index (χ0v) is 72.4. The van der Waals surface area contributed by atoms with Gasteiger partial charge < -0.3 is 9.80 Å². The Bertz CT molecular complexity index is 4620. The summed E-state index contributed by atoms with van der Waals surface area (Å²) in [6.45, 7) is 46.4.